The molecule has 1 N–H and O–H groups in total. The van der Waals surface area contributed by atoms with Crippen molar-refractivity contribution in [1.29, 1.82) is 0 Å². The number of nitrogens with zero attached hydrogens (tertiary/aromatic N) is 2. The van der Waals surface area contributed by atoms with E-state index < -0.39 is 0 Å². The molecular formula is C17H25N3O. The standard InChI is InChI=1S/C17H25N3O/c1-5-16(13-7-9-15(21-4)10-8-13)18-11-14-12-20(3)19-17(14)6-2/h7-10,12,16,18H,5-6,11H2,1-4H3. The van der Waals surface area contributed by atoms with E-state index in [2.05, 4.69) is 42.6 Å². The fourth-order valence-electron chi connectivity index (χ4n) is 2.60. The minimum atomic E-state index is 0.348. The first-order valence-corrected chi connectivity index (χ1v) is 7.56. The van der Waals surface area contributed by atoms with Crippen LogP contribution in [0.3, 0.4) is 0 Å². The predicted octanol–water partition coefficient (Wildman–Crippen LogP) is 3.23. The molecule has 0 aliphatic carbocycles. The second kappa shape index (κ2) is 7.27. The Morgan fingerprint density at radius 2 is 1.95 bits per heavy atom. The highest BCUT2D eigenvalue weighted by atomic mass is 16.5. The number of nitrogens with one attached hydrogen (secondary N) is 1. The van der Waals surface area contributed by atoms with Crippen molar-refractivity contribution in [2.24, 2.45) is 7.05 Å². The van der Waals surface area contributed by atoms with Crippen molar-refractivity contribution in [1.82, 2.24) is 15.1 Å². The van der Waals surface area contributed by atoms with E-state index in [0.29, 0.717) is 6.04 Å². The maximum Gasteiger partial charge on any atom is 0.118 e. The number of methoxy groups -OCH3 is 1. The summed E-state index contributed by atoms with van der Waals surface area (Å²) in [5.74, 6) is 0.897. The van der Waals surface area contributed by atoms with Crippen LogP contribution in [0.4, 0.5) is 0 Å². The van der Waals surface area contributed by atoms with Gasteiger partial charge in [0.1, 0.15) is 5.75 Å². The third kappa shape index (κ3) is 3.85. The maximum absolute atomic E-state index is 5.21. The van der Waals surface area contributed by atoms with E-state index >= 15 is 0 Å². The van der Waals surface area contributed by atoms with Gasteiger partial charge in [-0.3, -0.25) is 4.68 Å². The van der Waals surface area contributed by atoms with Crippen LogP contribution in [-0.4, -0.2) is 16.9 Å². The van der Waals surface area contributed by atoms with Crippen LogP contribution in [0, 0.1) is 0 Å². The average molecular weight is 287 g/mol. The zero-order chi connectivity index (χ0) is 15.2. The first-order chi connectivity index (χ1) is 10.2. The van der Waals surface area contributed by atoms with Gasteiger partial charge in [-0.25, -0.2) is 0 Å². The van der Waals surface area contributed by atoms with Crippen molar-refractivity contribution < 1.29 is 4.74 Å². The number of benzene rings is 1. The molecule has 0 spiro atoms. The first kappa shape index (κ1) is 15.6. The highest BCUT2D eigenvalue weighted by molar-refractivity contribution is 5.29. The fraction of sp³-hybridized carbons (Fsp3) is 0.471. The van der Waals surface area contributed by atoms with Crippen molar-refractivity contribution >= 4 is 0 Å². The molecular weight excluding hydrogens is 262 g/mol. The number of hydrogen-bond donors (Lipinski definition) is 1. The Labute approximate surface area is 127 Å². The average Bonchev–Trinajstić information content (AvgIpc) is 2.88. The van der Waals surface area contributed by atoms with Gasteiger partial charge in [0.05, 0.1) is 12.8 Å². The quantitative estimate of drug-likeness (QED) is 0.849. The molecule has 114 valence electrons. The molecule has 21 heavy (non-hydrogen) atoms. The molecule has 0 radical (unpaired) electrons. The Morgan fingerprint density at radius 1 is 1.24 bits per heavy atom. The van der Waals surface area contributed by atoms with E-state index in [1.54, 1.807) is 7.11 Å². The van der Waals surface area contributed by atoms with Crippen molar-refractivity contribution in [2.45, 2.75) is 39.3 Å². The van der Waals surface area contributed by atoms with E-state index in [1.165, 1.54) is 16.8 Å². The summed E-state index contributed by atoms with van der Waals surface area (Å²) in [5, 5.41) is 8.12. The molecule has 1 heterocycles. The van der Waals surface area contributed by atoms with Gasteiger partial charge in [-0.15, -0.1) is 0 Å². The Hall–Kier alpha value is -1.81. The summed E-state index contributed by atoms with van der Waals surface area (Å²) < 4.78 is 7.11. The third-order valence-electron chi connectivity index (χ3n) is 3.79. The molecule has 0 saturated carbocycles. The van der Waals surface area contributed by atoms with Crippen LogP contribution in [0.2, 0.25) is 0 Å². The predicted molar refractivity (Wildman–Crippen MR) is 85.5 cm³/mol. The molecule has 2 rings (SSSR count). The molecule has 0 aliphatic rings. The Morgan fingerprint density at radius 3 is 2.52 bits per heavy atom. The summed E-state index contributed by atoms with van der Waals surface area (Å²) in [6.45, 7) is 5.19. The third-order valence-corrected chi connectivity index (χ3v) is 3.79. The molecule has 0 amide bonds. The minimum absolute atomic E-state index is 0.348. The zero-order valence-electron chi connectivity index (χ0n) is 13.4. The Kier molecular flexibility index (Phi) is 5.39. The summed E-state index contributed by atoms with van der Waals surface area (Å²) in [6.07, 6.45) is 4.12. The topological polar surface area (TPSA) is 39.1 Å². The fourth-order valence-corrected chi connectivity index (χ4v) is 2.60. The van der Waals surface area contributed by atoms with Crippen molar-refractivity contribution in [3.8, 4) is 5.75 Å². The van der Waals surface area contributed by atoms with Crippen LogP contribution in [0.25, 0.3) is 0 Å². The van der Waals surface area contributed by atoms with Crippen LogP contribution in [-0.2, 0) is 20.0 Å². The molecule has 0 saturated heterocycles. The van der Waals surface area contributed by atoms with Crippen LogP contribution in [0.5, 0.6) is 5.75 Å². The lowest BCUT2D eigenvalue weighted by molar-refractivity contribution is 0.414. The van der Waals surface area contributed by atoms with Gasteiger partial charge in [-0.1, -0.05) is 26.0 Å². The molecule has 1 aromatic heterocycles. The van der Waals surface area contributed by atoms with Gasteiger partial charge in [-0.05, 0) is 30.5 Å². The van der Waals surface area contributed by atoms with Gasteiger partial charge in [0, 0.05) is 31.4 Å². The number of aromatic nitrogens is 2. The highest BCUT2D eigenvalue weighted by Crippen LogP contribution is 2.21. The summed E-state index contributed by atoms with van der Waals surface area (Å²) in [6, 6.07) is 8.64. The number of rotatable bonds is 7. The van der Waals surface area contributed by atoms with Crippen molar-refractivity contribution in [2.75, 3.05) is 7.11 Å². The summed E-state index contributed by atoms with van der Waals surface area (Å²) in [4.78, 5) is 0. The summed E-state index contributed by atoms with van der Waals surface area (Å²) >= 11 is 0. The monoisotopic (exact) mass is 287 g/mol. The number of aryl methyl sites for hydroxylation is 2. The van der Waals surface area contributed by atoms with E-state index in [4.69, 9.17) is 4.74 Å². The molecule has 1 atom stereocenters. The van der Waals surface area contributed by atoms with E-state index in [-0.39, 0.29) is 0 Å². The Bertz CT molecular complexity index is 560. The molecule has 1 unspecified atom stereocenters. The van der Waals surface area contributed by atoms with E-state index in [9.17, 15) is 0 Å². The highest BCUT2D eigenvalue weighted by Gasteiger charge is 2.11. The molecule has 4 heteroatoms. The van der Waals surface area contributed by atoms with Gasteiger partial charge in [0.15, 0.2) is 0 Å². The van der Waals surface area contributed by atoms with Crippen LogP contribution >= 0.6 is 0 Å². The van der Waals surface area contributed by atoms with Gasteiger partial charge >= 0.3 is 0 Å². The van der Waals surface area contributed by atoms with E-state index in [1.807, 2.05) is 23.9 Å². The van der Waals surface area contributed by atoms with Gasteiger partial charge < -0.3 is 10.1 Å². The number of ether oxygens (including phenoxy) is 1. The van der Waals surface area contributed by atoms with Crippen LogP contribution in [0.15, 0.2) is 30.5 Å². The van der Waals surface area contributed by atoms with Gasteiger partial charge in [0.2, 0.25) is 0 Å². The van der Waals surface area contributed by atoms with Crippen molar-refractivity contribution in [3.63, 3.8) is 0 Å². The zero-order valence-corrected chi connectivity index (χ0v) is 13.4. The van der Waals surface area contributed by atoms with E-state index in [0.717, 1.165) is 25.1 Å². The lowest BCUT2D eigenvalue weighted by Gasteiger charge is -2.17. The van der Waals surface area contributed by atoms with Crippen molar-refractivity contribution in [3.05, 3.63) is 47.3 Å². The minimum Gasteiger partial charge on any atom is -0.497 e. The first-order valence-electron chi connectivity index (χ1n) is 7.56. The second-order valence-corrected chi connectivity index (χ2v) is 5.24. The molecule has 2 aromatic rings. The molecule has 1 aromatic carbocycles. The van der Waals surface area contributed by atoms with Gasteiger partial charge in [-0.2, -0.15) is 5.10 Å². The lowest BCUT2D eigenvalue weighted by Crippen LogP contribution is -2.20. The summed E-state index contributed by atoms with van der Waals surface area (Å²) in [7, 11) is 3.67. The van der Waals surface area contributed by atoms with Crippen LogP contribution in [0.1, 0.15) is 43.1 Å². The molecule has 4 nitrogen and oxygen atoms in total. The summed E-state index contributed by atoms with van der Waals surface area (Å²) in [5.41, 5.74) is 3.75. The molecule has 0 aliphatic heterocycles. The SMILES string of the molecule is CCc1nn(C)cc1CNC(CC)c1ccc(OC)cc1. The smallest absolute Gasteiger partial charge is 0.118 e. The van der Waals surface area contributed by atoms with Crippen LogP contribution < -0.4 is 10.1 Å². The molecule has 0 bridgehead atoms. The second-order valence-electron chi connectivity index (χ2n) is 5.24. The normalized spacial score (nSPS) is 12.4. The Balaban J connectivity index is 2.04. The lowest BCUT2D eigenvalue weighted by atomic mass is 10.0. The maximum atomic E-state index is 5.21. The largest absolute Gasteiger partial charge is 0.497 e. The number of hydrogen-bond acceptors (Lipinski definition) is 3. The van der Waals surface area contributed by atoms with Gasteiger partial charge in [0.25, 0.3) is 0 Å². The molecule has 0 fully saturated rings.